The smallest absolute Gasteiger partial charge is 0.233 e. The van der Waals surface area contributed by atoms with Crippen LogP contribution in [0.3, 0.4) is 0 Å². The van der Waals surface area contributed by atoms with Crippen LogP contribution in [0, 0.1) is 6.92 Å². The van der Waals surface area contributed by atoms with Crippen molar-refractivity contribution in [1.82, 2.24) is 4.98 Å². The van der Waals surface area contributed by atoms with Gasteiger partial charge in [-0.05, 0) is 47.9 Å². The fraction of sp³-hybridized carbons (Fsp3) is 0.200. The van der Waals surface area contributed by atoms with Gasteiger partial charge in [0.1, 0.15) is 11.5 Å². The average molecular weight is 433 g/mol. The summed E-state index contributed by atoms with van der Waals surface area (Å²) in [5, 5.41) is 0.683. The summed E-state index contributed by atoms with van der Waals surface area (Å²) >= 11 is 1.50. The Morgan fingerprint density at radius 3 is 2.48 bits per heavy atom. The number of amides is 1. The molecule has 1 amide bonds. The first-order valence-electron chi connectivity index (χ1n) is 10.00. The van der Waals surface area contributed by atoms with E-state index in [-0.39, 0.29) is 12.3 Å². The molecular formula is C25H24N2O3S. The van der Waals surface area contributed by atoms with Crippen LogP contribution in [0.1, 0.15) is 16.7 Å². The van der Waals surface area contributed by atoms with Crippen LogP contribution in [0.2, 0.25) is 0 Å². The van der Waals surface area contributed by atoms with Gasteiger partial charge in [0.15, 0.2) is 5.13 Å². The van der Waals surface area contributed by atoms with Crippen molar-refractivity contribution in [2.24, 2.45) is 0 Å². The van der Waals surface area contributed by atoms with Crippen molar-refractivity contribution in [3.05, 3.63) is 83.4 Å². The zero-order valence-corrected chi connectivity index (χ0v) is 18.6. The van der Waals surface area contributed by atoms with Gasteiger partial charge in [0.05, 0.1) is 37.4 Å². The molecule has 0 aliphatic carbocycles. The van der Waals surface area contributed by atoms with Gasteiger partial charge in [-0.3, -0.25) is 9.69 Å². The van der Waals surface area contributed by atoms with Gasteiger partial charge >= 0.3 is 0 Å². The number of ether oxygens (including phenoxy) is 2. The summed E-state index contributed by atoms with van der Waals surface area (Å²) in [6.45, 7) is 2.45. The number of carbonyl (C=O) groups excluding carboxylic acids is 1. The minimum atomic E-state index is -0.000518. The van der Waals surface area contributed by atoms with Gasteiger partial charge in [-0.15, -0.1) is 0 Å². The zero-order chi connectivity index (χ0) is 21.8. The fourth-order valence-electron chi connectivity index (χ4n) is 3.48. The Labute approximate surface area is 185 Å². The summed E-state index contributed by atoms with van der Waals surface area (Å²) in [7, 11) is 3.29. The highest BCUT2D eigenvalue weighted by atomic mass is 32.1. The first-order chi connectivity index (χ1) is 15.1. The number of benzene rings is 3. The molecular weight excluding hydrogens is 408 g/mol. The number of rotatable bonds is 7. The lowest BCUT2D eigenvalue weighted by Gasteiger charge is -2.20. The number of aromatic nitrogens is 1. The van der Waals surface area contributed by atoms with Crippen LogP contribution in [0.25, 0.3) is 10.2 Å². The van der Waals surface area contributed by atoms with E-state index in [1.165, 1.54) is 11.3 Å². The minimum Gasteiger partial charge on any atom is -0.497 e. The lowest BCUT2D eigenvalue weighted by atomic mass is 10.1. The van der Waals surface area contributed by atoms with E-state index in [0.29, 0.717) is 11.7 Å². The molecule has 0 bridgehead atoms. The van der Waals surface area contributed by atoms with Crippen molar-refractivity contribution >= 4 is 32.6 Å². The molecule has 6 heteroatoms. The third kappa shape index (κ3) is 4.70. The number of hydrogen-bond donors (Lipinski definition) is 0. The van der Waals surface area contributed by atoms with Crippen molar-refractivity contribution in [2.75, 3.05) is 19.1 Å². The molecule has 31 heavy (non-hydrogen) atoms. The van der Waals surface area contributed by atoms with Crippen molar-refractivity contribution in [1.29, 1.82) is 0 Å². The average Bonchev–Trinajstić information content (AvgIpc) is 3.21. The summed E-state index contributed by atoms with van der Waals surface area (Å²) in [6, 6.07) is 21.6. The van der Waals surface area contributed by atoms with E-state index in [9.17, 15) is 4.79 Å². The number of hydrogen-bond acceptors (Lipinski definition) is 5. The first kappa shape index (κ1) is 20.9. The predicted octanol–water partition coefficient (Wildman–Crippen LogP) is 5.40. The Balaban J connectivity index is 1.67. The quantitative estimate of drug-likeness (QED) is 0.392. The van der Waals surface area contributed by atoms with Gasteiger partial charge in [-0.2, -0.15) is 0 Å². The van der Waals surface area contributed by atoms with Crippen LogP contribution in [0.4, 0.5) is 5.13 Å². The van der Waals surface area contributed by atoms with Crippen molar-refractivity contribution < 1.29 is 14.3 Å². The largest absolute Gasteiger partial charge is 0.497 e. The van der Waals surface area contributed by atoms with E-state index in [1.54, 1.807) is 19.1 Å². The molecule has 0 aliphatic heterocycles. The maximum absolute atomic E-state index is 13.4. The lowest BCUT2D eigenvalue weighted by molar-refractivity contribution is -0.118. The van der Waals surface area contributed by atoms with Gasteiger partial charge in [-0.25, -0.2) is 4.98 Å². The standard InChI is InChI=1S/C25H24N2O3S/c1-17-13-19(9-12-22(17)30-3)14-24(28)27(16-18-7-5-4-6-8-18)25-26-21-11-10-20(29-2)15-23(21)31-25/h4-13,15H,14,16H2,1-3H3. The molecule has 158 valence electrons. The van der Waals surface area contributed by atoms with E-state index < -0.39 is 0 Å². The second-order valence-electron chi connectivity index (χ2n) is 7.28. The van der Waals surface area contributed by atoms with Gasteiger partial charge in [0, 0.05) is 0 Å². The van der Waals surface area contributed by atoms with Crippen LogP contribution in [0.5, 0.6) is 11.5 Å². The molecule has 1 aromatic heterocycles. The Morgan fingerprint density at radius 1 is 0.968 bits per heavy atom. The highest BCUT2D eigenvalue weighted by molar-refractivity contribution is 7.22. The molecule has 3 aromatic carbocycles. The Morgan fingerprint density at radius 2 is 1.77 bits per heavy atom. The highest BCUT2D eigenvalue weighted by Crippen LogP contribution is 2.32. The molecule has 5 nitrogen and oxygen atoms in total. The number of methoxy groups -OCH3 is 2. The Kier molecular flexibility index (Phi) is 6.18. The van der Waals surface area contributed by atoms with Gasteiger partial charge in [0.2, 0.25) is 5.91 Å². The van der Waals surface area contributed by atoms with Crippen LogP contribution in [0.15, 0.2) is 66.7 Å². The normalized spacial score (nSPS) is 10.8. The topological polar surface area (TPSA) is 51.7 Å². The van der Waals surface area contributed by atoms with E-state index in [4.69, 9.17) is 14.5 Å². The summed E-state index contributed by atoms with van der Waals surface area (Å²) in [5.74, 6) is 1.59. The van der Waals surface area contributed by atoms with E-state index in [2.05, 4.69) is 0 Å². The lowest BCUT2D eigenvalue weighted by Crippen LogP contribution is -2.31. The zero-order valence-electron chi connectivity index (χ0n) is 17.8. The molecule has 4 rings (SSSR count). The highest BCUT2D eigenvalue weighted by Gasteiger charge is 2.21. The van der Waals surface area contributed by atoms with Crippen molar-refractivity contribution in [3.63, 3.8) is 0 Å². The number of carbonyl (C=O) groups is 1. The maximum atomic E-state index is 13.4. The molecule has 4 aromatic rings. The molecule has 0 fully saturated rings. The van der Waals surface area contributed by atoms with Gasteiger partial charge < -0.3 is 9.47 Å². The summed E-state index contributed by atoms with van der Waals surface area (Å²) < 4.78 is 11.7. The molecule has 0 saturated heterocycles. The van der Waals surface area contributed by atoms with E-state index >= 15 is 0 Å². The number of fused-ring (bicyclic) bond motifs is 1. The predicted molar refractivity (Wildman–Crippen MR) is 125 cm³/mol. The third-order valence-corrected chi connectivity index (χ3v) is 6.16. The van der Waals surface area contributed by atoms with Crippen molar-refractivity contribution in [2.45, 2.75) is 19.9 Å². The van der Waals surface area contributed by atoms with Crippen LogP contribution in [-0.2, 0) is 17.8 Å². The molecule has 0 atom stereocenters. The molecule has 1 heterocycles. The van der Waals surface area contributed by atoms with E-state index in [0.717, 1.165) is 38.4 Å². The molecule has 0 N–H and O–H groups in total. The molecule has 0 unspecified atom stereocenters. The van der Waals surface area contributed by atoms with Crippen LogP contribution in [-0.4, -0.2) is 25.1 Å². The summed E-state index contributed by atoms with van der Waals surface area (Å²) in [6.07, 6.45) is 0.289. The van der Waals surface area contributed by atoms with Crippen molar-refractivity contribution in [3.8, 4) is 11.5 Å². The van der Waals surface area contributed by atoms with Gasteiger partial charge in [-0.1, -0.05) is 53.8 Å². The molecule has 0 saturated carbocycles. The Hall–Kier alpha value is -3.38. The fourth-order valence-corrected chi connectivity index (χ4v) is 4.49. The minimum absolute atomic E-state index is 0.000518. The summed E-state index contributed by atoms with van der Waals surface area (Å²) in [4.78, 5) is 19.9. The molecule has 0 spiro atoms. The number of aryl methyl sites for hydroxylation is 1. The SMILES string of the molecule is COc1ccc2nc(N(Cc3ccccc3)C(=O)Cc3ccc(OC)c(C)c3)sc2c1. The van der Waals surface area contributed by atoms with Crippen LogP contribution >= 0.6 is 11.3 Å². The number of nitrogens with zero attached hydrogens (tertiary/aromatic N) is 2. The Bertz CT molecular complexity index is 1200. The second-order valence-corrected chi connectivity index (χ2v) is 8.29. The molecule has 0 aliphatic rings. The molecule has 0 radical (unpaired) electrons. The summed E-state index contributed by atoms with van der Waals surface area (Å²) in [5.41, 5.74) is 3.86. The third-order valence-electron chi connectivity index (χ3n) is 5.11. The second kappa shape index (κ2) is 9.18. The first-order valence-corrected chi connectivity index (χ1v) is 10.8. The number of anilines is 1. The van der Waals surface area contributed by atoms with Crippen LogP contribution < -0.4 is 14.4 Å². The monoisotopic (exact) mass is 432 g/mol. The van der Waals surface area contributed by atoms with E-state index in [1.807, 2.05) is 73.7 Å². The number of thiazole rings is 1. The maximum Gasteiger partial charge on any atom is 0.233 e. The van der Waals surface area contributed by atoms with Gasteiger partial charge in [0.25, 0.3) is 0 Å².